The third kappa shape index (κ3) is 4.51. The maximum atomic E-state index is 9.33. The Hall–Kier alpha value is -0.580. The van der Waals surface area contributed by atoms with Crippen LogP contribution in [0.25, 0.3) is 0 Å². The molecule has 1 aromatic carbocycles. The van der Waals surface area contributed by atoms with Gasteiger partial charge in [0, 0.05) is 13.2 Å². The van der Waals surface area contributed by atoms with Gasteiger partial charge in [-0.15, -0.1) is 0 Å². The summed E-state index contributed by atoms with van der Waals surface area (Å²) >= 11 is 3.28. The van der Waals surface area contributed by atoms with Gasteiger partial charge >= 0.3 is 0 Å². The number of nitrogens with one attached hydrogen (secondary N) is 1. The van der Waals surface area contributed by atoms with E-state index in [9.17, 15) is 5.11 Å². The molecule has 0 aliphatic heterocycles. The Balaban J connectivity index is 2.34. The summed E-state index contributed by atoms with van der Waals surface area (Å²) in [5.41, 5.74) is 1.13. The van der Waals surface area contributed by atoms with Gasteiger partial charge in [-0.1, -0.05) is 13.0 Å². The smallest absolute Gasteiger partial charge is 0.129 e. The summed E-state index contributed by atoms with van der Waals surface area (Å²) in [6.45, 7) is 4.01. The minimum atomic E-state index is 0.244. The van der Waals surface area contributed by atoms with Gasteiger partial charge in [-0.05, 0) is 52.5 Å². The zero-order valence-electron chi connectivity index (χ0n) is 9.41. The molecule has 16 heavy (non-hydrogen) atoms. The third-order valence-corrected chi connectivity index (χ3v) is 3.09. The van der Waals surface area contributed by atoms with Crippen molar-refractivity contribution < 1.29 is 10.2 Å². The molecule has 1 aromatic rings. The number of aromatic hydroxyl groups is 1. The van der Waals surface area contributed by atoms with Crippen molar-refractivity contribution in [2.45, 2.75) is 19.9 Å². The molecule has 1 atom stereocenters. The van der Waals surface area contributed by atoms with Gasteiger partial charge in [0.25, 0.3) is 0 Å². The molecule has 0 saturated heterocycles. The molecule has 1 rings (SSSR count). The quantitative estimate of drug-likeness (QED) is 0.752. The Morgan fingerprint density at radius 3 is 2.81 bits per heavy atom. The van der Waals surface area contributed by atoms with Crippen LogP contribution in [-0.4, -0.2) is 23.4 Å². The molecule has 0 aliphatic rings. The number of halogens is 1. The fourth-order valence-electron chi connectivity index (χ4n) is 1.45. The average Bonchev–Trinajstić information content (AvgIpc) is 2.24. The summed E-state index contributed by atoms with van der Waals surface area (Å²) in [4.78, 5) is 0. The van der Waals surface area contributed by atoms with Crippen molar-refractivity contribution in [1.82, 2.24) is 5.32 Å². The van der Waals surface area contributed by atoms with Crippen LogP contribution in [0.4, 0.5) is 0 Å². The third-order valence-electron chi connectivity index (χ3n) is 2.46. The summed E-state index contributed by atoms with van der Waals surface area (Å²) in [7, 11) is 0. The number of benzene rings is 1. The van der Waals surface area contributed by atoms with E-state index in [1.54, 1.807) is 6.07 Å². The zero-order valence-corrected chi connectivity index (χ0v) is 11.0. The number of phenolic OH excluding ortho intramolecular Hbond substituents is 1. The molecule has 0 saturated carbocycles. The van der Waals surface area contributed by atoms with Crippen LogP contribution >= 0.6 is 15.9 Å². The van der Waals surface area contributed by atoms with Crippen LogP contribution in [0.15, 0.2) is 22.7 Å². The zero-order chi connectivity index (χ0) is 12.0. The summed E-state index contributed by atoms with van der Waals surface area (Å²) in [6, 6.07) is 5.47. The maximum absolute atomic E-state index is 9.33. The molecule has 4 heteroatoms. The molecule has 0 spiro atoms. The van der Waals surface area contributed by atoms with E-state index in [0.717, 1.165) is 29.5 Å². The first-order valence-electron chi connectivity index (χ1n) is 5.42. The number of aliphatic hydroxyl groups is 1. The standard InChI is InChI=1S/C12H18BrNO2/c1-9(4-5-15)7-14-8-10-2-3-12(16)11(13)6-10/h2-3,6,9,14-16H,4-5,7-8H2,1H3. The minimum absolute atomic E-state index is 0.244. The van der Waals surface area contributed by atoms with E-state index < -0.39 is 0 Å². The number of rotatable bonds is 6. The van der Waals surface area contributed by atoms with Crippen LogP contribution in [0.3, 0.4) is 0 Å². The Morgan fingerprint density at radius 2 is 2.19 bits per heavy atom. The van der Waals surface area contributed by atoms with Gasteiger partial charge in [0.15, 0.2) is 0 Å². The van der Waals surface area contributed by atoms with E-state index in [2.05, 4.69) is 28.2 Å². The second kappa shape index (κ2) is 6.89. The van der Waals surface area contributed by atoms with Crippen molar-refractivity contribution in [3.63, 3.8) is 0 Å². The lowest BCUT2D eigenvalue weighted by atomic mass is 10.1. The van der Waals surface area contributed by atoms with Crippen LogP contribution in [0.2, 0.25) is 0 Å². The molecular formula is C12H18BrNO2. The first kappa shape index (κ1) is 13.5. The largest absolute Gasteiger partial charge is 0.507 e. The number of aliphatic hydroxyl groups excluding tert-OH is 1. The second-order valence-corrected chi connectivity index (χ2v) is 4.89. The predicted octanol–water partition coefficient (Wildman–Crippen LogP) is 2.26. The normalized spacial score (nSPS) is 12.7. The van der Waals surface area contributed by atoms with Gasteiger partial charge in [-0.2, -0.15) is 0 Å². The SMILES string of the molecule is CC(CCO)CNCc1ccc(O)c(Br)c1. The Morgan fingerprint density at radius 1 is 1.44 bits per heavy atom. The van der Waals surface area contributed by atoms with Gasteiger partial charge in [0.1, 0.15) is 5.75 Å². The van der Waals surface area contributed by atoms with Crippen LogP contribution < -0.4 is 5.32 Å². The van der Waals surface area contributed by atoms with Crippen molar-refractivity contribution >= 4 is 15.9 Å². The summed E-state index contributed by atoms with van der Waals surface area (Å²) in [5.74, 6) is 0.739. The summed E-state index contributed by atoms with van der Waals surface area (Å²) in [5, 5.41) is 21.4. The molecule has 0 aliphatic carbocycles. The van der Waals surface area contributed by atoms with Crippen molar-refractivity contribution in [2.24, 2.45) is 5.92 Å². The Kier molecular flexibility index (Phi) is 5.80. The topological polar surface area (TPSA) is 52.5 Å². The molecule has 0 fully saturated rings. The maximum Gasteiger partial charge on any atom is 0.129 e. The van der Waals surface area contributed by atoms with Crippen LogP contribution in [0, 0.1) is 5.92 Å². The number of hydrogen-bond donors (Lipinski definition) is 3. The minimum Gasteiger partial charge on any atom is -0.507 e. The van der Waals surface area contributed by atoms with E-state index in [0.29, 0.717) is 5.92 Å². The first-order chi connectivity index (χ1) is 7.63. The highest BCUT2D eigenvalue weighted by Gasteiger charge is 2.02. The Bertz CT molecular complexity index is 331. The van der Waals surface area contributed by atoms with E-state index in [1.165, 1.54) is 0 Å². The lowest BCUT2D eigenvalue weighted by Gasteiger charge is -2.11. The molecule has 3 N–H and O–H groups in total. The van der Waals surface area contributed by atoms with E-state index in [1.807, 2.05) is 12.1 Å². The van der Waals surface area contributed by atoms with Crippen molar-refractivity contribution in [3.05, 3.63) is 28.2 Å². The van der Waals surface area contributed by atoms with Gasteiger partial charge in [-0.25, -0.2) is 0 Å². The van der Waals surface area contributed by atoms with Gasteiger partial charge in [0.05, 0.1) is 4.47 Å². The van der Waals surface area contributed by atoms with Gasteiger partial charge < -0.3 is 15.5 Å². The lowest BCUT2D eigenvalue weighted by molar-refractivity contribution is 0.260. The van der Waals surface area contributed by atoms with E-state index >= 15 is 0 Å². The van der Waals surface area contributed by atoms with Gasteiger partial charge in [-0.3, -0.25) is 0 Å². The fraction of sp³-hybridized carbons (Fsp3) is 0.500. The molecule has 90 valence electrons. The number of phenols is 1. The van der Waals surface area contributed by atoms with Crippen LogP contribution in [0.5, 0.6) is 5.75 Å². The number of hydrogen-bond acceptors (Lipinski definition) is 3. The molecule has 0 bridgehead atoms. The highest BCUT2D eigenvalue weighted by atomic mass is 79.9. The van der Waals surface area contributed by atoms with Crippen LogP contribution in [-0.2, 0) is 6.54 Å². The highest BCUT2D eigenvalue weighted by Crippen LogP contribution is 2.24. The predicted molar refractivity (Wildman–Crippen MR) is 68.4 cm³/mol. The summed E-state index contributed by atoms with van der Waals surface area (Å²) in [6.07, 6.45) is 0.826. The molecule has 3 nitrogen and oxygen atoms in total. The van der Waals surface area contributed by atoms with Gasteiger partial charge in [0.2, 0.25) is 0 Å². The molecule has 0 radical (unpaired) electrons. The van der Waals surface area contributed by atoms with Crippen LogP contribution in [0.1, 0.15) is 18.9 Å². The molecular weight excluding hydrogens is 270 g/mol. The van der Waals surface area contributed by atoms with Crippen molar-refractivity contribution in [2.75, 3.05) is 13.2 Å². The molecule has 0 amide bonds. The molecule has 1 unspecified atom stereocenters. The van der Waals surface area contributed by atoms with Crippen molar-refractivity contribution in [3.8, 4) is 5.75 Å². The van der Waals surface area contributed by atoms with E-state index in [-0.39, 0.29) is 12.4 Å². The first-order valence-corrected chi connectivity index (χ1v) is 6.21. The van der Waals surface area contributed by atoms with Crippen molar-refractivity contribution in [1.29, 1.82) is 0 Å². The Labute approximate surface area is 105 Å². The second-order valence-electron chi connectivity index (χ2n) is 4.03. The molecule has 0 heterocycles. The lowest BCUT2D eigenvalue weighted by Crippen LogP contribution is -2.21. The summed E-state index contributed by atoms with van der Waals surface area (Å²) < 4.78 is 0.718. The fourth-order valence-corrected chi connectivity index (χ4v) is 1.87. The monoisotopic (exact) mass is 287 g/mol. The molecule has 0 aromatic heterocycles. The van der Waals surface area contributed by atoms with E-state index in [4.69, 9.17) is 5.11 Å². The average molecular weight is 288 g/mol. The highest BCUT2D eigenvalue weighted by molar-refractivity contribution is 9.10.